The number of nitrogens with one attached hydrogen (secondary N) is 1. The number of benzene rings is 1. The molecular formula is C12H13NO. The number of aryl methyl sites for hydroxylation is 2. The van der Waals surface area contributed by atoms with E-state index >= 15 is 0 Å². The van der Waals surface area contributed by atoms with Gasteiger partial charge < -0.3 is 10.1 Å². The van der Waals surface area contributed by atoms with Crippen LogP contribution in [0, 0.1) is 13.8 Å². The third-order valence-corrected chi connectivity index (χ3v) is 2.61. The van der Waals surface area contributed by atoms with Gasteiger partial charge >= 0.3 is 0 Å². The van der Waals surface area contributed by atoms with Crippen LogP contribution in [0.1, 0.15) is 16.7 Å². The summed E-state index contributed by atoms with van der Waals surface area (Å²) in [5.74, 6) is 0.111. The fourth-order valence-electron chi connectivity index (χ4n) is 1.62. The predicted octanol–water partition coefficient (Wildman–Crippen LogP) is 3.31. The lowest BCUT2D eigenvalue weighted by Crippen LogP contribution is -1.82. The maximum Gasteiger partial charge on any atom is 0.117 e. The average Bonchev–Trinajstić information content (AvgIpc) is 2.48. The molecule has 0 bridgehead atoms. The number of aromatic amines is 1. The molecule has 0 aliphatic carbocycles. The van der Waals surface area contributed by atoms with Crippen LogP contribution in [0.4, 0.5) is 0 Å². The second kappa shape index (κ2) is 2.91. The van der Waals surface area contributed by atoms with E-state index in [2.05, 4.69) is 37.5 Å². The van der Waals surface area contributed by atoms with Crippen LogP contribution in [0.5, 0.6) is 0 Å². The van der Waals surface area contributed by atoms with E-state index in [1.807, 2.05) is 0 Å². The number of hydrogen-bond acceptors (Lipinski definition) is 1. The van der Waals surface area contributed by atoms with Crippen LogP contribution in [-0.2, 0) is 0 Å². The largest absolute Gasteiger partial charge is 0.508 e. The highest BCUT2D eigenvalue weighted by atomic mass is 16.3. The molecule has 0 spiro atoms. The van der Waals surface area contributed by atoms with Gasteiger partial charge in [-0.05, 0) is 37.1 Å². The van der Waals surface area contributed by atoms with E-state index in [-0.39, 0.29) is 5.76 Å². The quantitative estimate of drug-likeness (QED) is 0.660. The maximum atomic E-state index is 9.36. The number of aromatic nitrogens is 1. The molecule has 72 valence electrons. The molecule has 2 heteroatoms. The van der Waals surface area contributed by atoms with Gasteiger partial charge in [-0.2, -0.15) is 0 Å². The molecule has 1 aromatic carbocycles. The fraction of sp³-hybridized carbons (Fsp3) is 0.167. The minimum absolute atomic E-state index is 0.111. The van der Waals surface area contributed by atoms with Crippen LogP contribution in [0.25, 0.3) is 16.7 Å². The highest BCUT2D eigenvalue weighted by Gasteiger charge is 2.06. The molecule has 0 atom stereocenters. The second-order valence-electron chi connectivity index (χ2n) is 3.63. The van der Waals surface area contributed by atoms with Gasteiger partial charge in [-0.3, -0.25) is 0 Å². The van der Waals surface area contributed by atoms with Crippen molar-refractivity contribution in [3.63, 3.8) is 0 Å². The molecule has 0 aliphatic rings. The molecule has 0 saturated heterocycles. The zero-order chi connectivity index (χ0) is 10.3. The molecule has 2 N–H and O–H groups in total. The average molecular weight is 187 g/mol. The number of rotatable bonds is 1. The minimum atomic E-state index is 0.111. The van der Waals surface area contributed by atoms with Gasteiger partial charge in [0.25, 0.3) is 0 Å². The van der Waals surface area contributed by atoms with E-state index < -0.39 is 0 Å². The Kier molecular flexibility index (Phi) is 1.84. The SMILES string of the molecule is C=C(O)c1c[nH]c2cc(C)c(C)cc12. The summed E-state index contributed by atoms with van der Waals surface area (Å²) >= 11 is 0. The first-order chi connectivity index (χ1) is 6.59. The van der Waals surface area contributed by atoms with Gasteiger partial charge in [-0.1, -0.05) is 6.58 Å². The smallest absolute Gasteiger partial charge is 0.117 e. The summed E-state index contributed by atoms with van der Waals surface area (Å²) in [5, 5.41) is 10.4. The topological polar surface area (TPSA) is 36.0 Å². The molecule has 0 saturated carbocycles. The van der Waals surface area contributed by atoms with Gasteiger partial charge in [0.05, 0.1) is 0 Å². The molecule has 2 aromatic rings. The van der Waals surface area contributed by atoms with Crippen LogP contribution >= 0.6 is 0 Å². The van der Waals surface area contributed by atoms with Crippen LogP contribution in [0.15, 0.2) is 24.9 Å². The summed E-state index contributed by atoms with van der Waals surface area (Å²) in [4.78, 5) is 3.12. The fourth-order valence-corrected chi connectivity index (χ4v) is 1.62. The Morgan fingerprint density at radius 2 is 1.93 bits per heavy atom. The third kappa shape index (κ3) is 1.20. The van der Waals surface area contributed by atoms with Crippen molar-refractivity contribution in [2.75, 3.05) is 0 Å². The zero-order valence-electron chi connectivity index (χ0n) is 8.39. The number of aliphatic hydroxyl groups is 1. The summed E-state index contributed by atoms with van der Waals surface area (Å²) < 4.78 is 0. The van der Waals surface area contributed by atoms with Gasteiger partial charge in [-0.15, -0.1) is 0 Å². The predicted molar refractivity (Wildman–Crippen MR) is 59.4 cm³/mol. The Labute approximate surface area is 82.9 Å². The second-order valence-corrected chi connectivity index (χ2v) is 3.63. The Morgan fingerprint density at radius 3 is 2.57 bits per heavy atom. The zero-order valence-corrected chi connectivity index (χ0v) is 8.39. The van der Waals surface area contributed by atoms with E-state index in [1.54, 1.807) is 6.20 Å². The van der Waals surface area contributed by atoms with E-state index in [0.29, 0.717) is 0 Å². The first-order valence-electron chi connectivity index (χ1n) is 4.56. The van der Waals surface area contributed by atoms with Crippen molar-refractivity contribution in [1.29, 1.82) is 0 Å². The van der Waals surface area contributed by atoms with E-state index in [1.165, 1.54) is 11.1 Å². The first-order valence-corrected chi connectivity index (χ1v) is 4.56. The van der Waals surface area contributed by atoms with E-state index in [4.69, 9.17) is 0 Å². The molecule has 1 aromatic heterocycles. The number of hydrogen-bond donors (Lipinski definition) is 2. The summed E-state index contributed by atoms with van der Waals surface area (Å²) in [6, 6.07) is 4.15. The highest BCUT2D eigenvalue weighted by molar-refractivity contribution is 5.91. The molecule has 2 nitrogen and oxygen atoms in total. The molecule has 2 rings (SSSR count). The molecule has 0 aliphatic heterocycles. The van der Waals surface area contributed by atoms with Crippen LogP contribution in [0.3, 0.4) is 0 Å². The van der Waals surface area contributed by atoms with Crippen LogP contribution in [-0.4, -0.2) is 10.1 Å². The molecular weight excluding hydrogens is 174 g/mol. The van der Waals surface area contributed by atoms with Crippen molar-refractivity contribution in [3.05, 3.63) is 41.6 Å². The normalized spacial score (nSPS) is 10.7. The Morgan fingerprint density at radius 1 is 1.29 bits per heavy atom. The van der Waals surface area contributed by atoms with Crippen molar-refractivity contribution < 1.29 is 5.11 Å². The summed E-state index contributed by atoms with van der Waals surface area (Å²) in [5.41, 5.74) is 4.29. The highest BCUT2D eigenvalue weighted by Crippen LogP contribution is 2.25. The standard InChI is InChI=1S/C12H13NO/c1-7-4-10-11(9(3)14)6-13-12(10)5-8(7)2/h4-6,13-14H,3H2,1-2H3. The lowest BCUT2D eigenvalue weighted by Gasteiger charge is -2.01. The number of aliphatic hydroxyl groups excluding tert-OH is 1. The summed E-state index contributed by atoms with van der Waals surface area (Å²) in [6.45, 7) is 7.67. The van der Waals surface area contributed by atoms with Crippen molar-refractivity contribution in [2.45, 2.75) is 13.8 Å². The monoisotopic (exact) mass is 187 g/mol. The Balaban J connectivity index is 2.80. The van der Waals surface area contributed by atoms with Crippen LogP contribution in [0.2, 0.25) is 0 Å². The molecule has 1 heterocycles. The molecule has 0 amide bonds. The van der Waals surface area contributed by atoms with E-state index in [9.17, 15) is 5.11 Å². The van der Waals surface area contributed by atoms with Crippen molar-refractivity contribution in [2.24, 2.45) is 0 Å². The van der Waals surface area contributed by atoms with Crippen molar-refractivity contribution >= 4 is 16.7 Å². The summed E-state index contributed by atoms with van der Waals surface area (Å²) in [7, 11) is 0. The van der Waals surface area contributed by atoms with Gasteiger partial charge in [0, 0.05) is 22.7 Å². The van der Waals surface area contributed by atoms with Crippen molar-refractivity contribution in [1.82, 2.24) is 4.98 Å². The number of H-pyrrole nitrogens is 1. The lowest BCUT2D eigenvalue weighted by atomic mass is 10.0. The van der Waals surface area contributed by atoms with Crippen molar-refractivity contribution in [3.8, 4) is 0 Å². The Hall–Kier alpha value is -1.70. The number of fused-ring (bicyclic) bond motifs is 1. The molecule has 0 fully saturated rings. The van der Waals surface area contributed by atoms with E-state index in [0.717, 1.165) is 16.5 Å². The summed E-state index contributed by atoms with van der Waals surface area (Å²) in [6.07, 6.45) is 1.78. The first kappa shape index (κ1) is 8.88. The van der Waals surface area contributed by atoms with Gasteiger partial charge in [0.2, 0.25) is 0 Å². The van der Waals surface area contributed by atoms with Gasteiger partial charge in [0.1, 0.15) is 5.76 Å². The third-order valence-electron chi connectivity index (χ3n) is 2.61. The van der Waals surface area contributed by atoms with Gasteiger partial charge in [-0.25, -0.2) is 0 Å². The minimum Gasteiger partial charge on any atom is -0.508 e. The Bertz CT molecular complexity index is 508. The molecule has 0 radical (unpaired) electrons. The maximum absolute atomic E-state index is 9.36. The lowest BCUT2D eigenvalue weighted by molar-refractivity contribution is 0.514. The molecule has 0 unspecified atom stereocenters. The molecule has 14 heavy (non-hydrogen) atoms. The van der Waals surface area contributed by atoms with Crippen LogP contribution < -0.4 is 0 Å². The van der Waals surface area contributed by atoms with Gasteiger partial charge in [0.15, 0.2) is 0 Å².